The van der Waals surface area contributed by atoms with Crippen LogP contribution in [0.2, 0.25) is 5.02 Å². The Balaban J connectivity index is 2.32. The zero-order valence-electron chi connectivity index (χ0n) is 8.03. The molecule has 0 radical (unpaired) electrons. The van der Waals surface area contributed by atoms with Crippen molar-refractivity contribution >= 4 is 23.2 Å². The van der Waals surface area contributed by atoms with Gasteiger partial charge in [0.1, 0.15) is 0 Å². The summed E-state index contributed by atoms with van der Waals surface area (Å²) in [6.07, 6.45) is 0.760. The van der Waals surface area contributed by atoms with Crippen molar-refractivity contribution < 1.29 is 4.79 Å². The molecule has 1 heterocycles. The summed E-state index contributed by atoms with van der Waals surface area (Å²) in [4.78, 5) is 13.3. The minimum absolute atomic E-state index is 0.0440. The highest BCUT2D eigenvalue weighted by Crippen LogP contribution is 2.31. The van der Waals surface area contributed by atoms with Gasteiger partial charge in [-0.15, -0.1) is 0 Å². The molecule has 76 valence electrons. The summed E-state index contributed by atoms with van der Waals surface area (Å²) in [6, 6.07) is 7.45. The Morgan fingerprint density at radius 3 is 3.07 bits per heavy atom. The zero-order chi connectivity index (χ0) is 10.8. The van der Waals surface area contributed by atoms with Gasteiger partial charge in [0.25, 0.3) is 0 Å². The van der Waals surface area contributed by atoms with Crippen LogP contribution in [-0.4, -0.2) is 12.5 Å². The van der Waals surface area contributed by atoms with E-state index in [4.69, 9.17) is 16.9 Å². The topological polar surface area (TPSA) is 44.1 Å². The monoisotopic (exact) mass is 220 g/mol. The molecular weight excluding hydrogens is 212 g/mol. The fraction of sp³-hybridized carbons (Fsp3) is 0.273. The lowest BCUT2D eigenvalue weighted by atomic mass is 10.2. The molecule has 0 aromatic heterocycles. The minimum Gasteiger partial charge on any atom is -0.311 e. The number of benzene rings is 1. The molecule has 3 nitrogen and oxygen atoms in total. The predicted octanol–water partition coefficient (Wildman–Crippen LogP) is 2.14. The van der Waals surface area contributed by atoms with Crippen molar-refractivity contribution in [2.24, 2.45) is 0 Å². The van der Waals surface area contributed by atoms with Crippen LogP contribution >= 0.6 is 11.6 Å². The van der Waals surface area contributed by atoms with Crippen molar-refractivity contribution in [2.75, 3.05) is 11.4 Å². The van der Waals surface area contributed by atoms with Gasteiger partial charge in [-0.05, 0) is 17.7 Å². The lowest BCUT2D eigenvalue weighted by Crippen LogP contribution is -2.27. The Morgan fingerprint density at radius 1 is 1.53 bits per heavy atom. The number of nitrogens with zero attached hydrogens (tertiary/aromatic N) is 2. The van der Waals surface area contributed by atoms with Crippen molar-refractivity contribution in [3.05, 3.63) is 28.8 Å². The first kappa shape index (κ1) is 10.0. The van der Waals surface area contributed by atoms with Crippen molar-refractivity contribution in [2.45, 2.75) is 12.8 Å². The Labute approximate surface area is 92.9 Å². The van der Waals surface area contributed by atoms with E-state index in [2.05, 4.69) is 0 Å². The number of hydrogen-bond acceptors (Lipinski definition) is 2. The maximum absolute atomic E-state index is 11.6. The molecule has 4 heteroatoms. The van der Waals surface area contributed by atoms with E-state index in [9.17, 15) is 4.79 Å². The van der Waals surface area contributed by atoms with E-state index >= 15 is 0 Å². The second-order valence-corrected chi connectivity index (χ2v) is 3.84. The molecule has 1 aliphatic rings. The highest BCUT2D eigenvalue weighted by molar-refractivity contribution is 6.31. The minimum atomic E-state index is 0.0440. The van der Waals surface area contributed by atoms with E-state index in [0.717, 1.165) is 11.3 Å². The van der Waals surface area contributed by atoms with Gasteiger partial charge in [-0.2, -0.15) is 5.26 Å². The third-order valence-corrected chi connectivity index (χ3v) is 2.66. The molecule has 0 unspecified atom stereocenters. The lowest BCUT2D eigenvalue weighted by molar-refractivity contribution is -0.117. The number of hydrogen-bond donors (Lipinski definition) is 0. The van der Waals surface area contributed by atoms with Gasteiger partial charge in [0.15, 0.2) is 0 Å². The molecule has 0 N–H and O–H groups in total. The molecule has 1 aromatic carbocycles. The third-order valence-electron chi connectivity index (χ3n) is 2.43. The molecule has 1 amide bonds. The average molecular weight is 221 g/mol. The molecule has 15 heavy (non-hydrogen) atoms. The van der Waals surface area contributed by atoms with E-state index in [0.29, 0.717) is 24.4 Å². The lowest BCUT2D eigenvalue weighted by Gasteiger charge is -2.15. The zero-order valence-corrected chi connectivity index (χ0v) is 8.79. The van der Waals surface area contributed by atoms with Gasteiger partial charge in [-0.25, -0.2) is 0 Å². The molecule has 0 atom stereocenters. The van der Waals surface area contributed by atoms with E-state index in [-0.39, 0.29) is 5.91 Å². The average Bonchev–Trinajstić information content (AvgIpc) is 2.51. The molecule has 0 aliphatic carbocycles. The molecule has 0 saturated heterocycles. The Kier molecular flexibility index (Phi) is 2.61. The largest absolute Gasteiger partial charge is 0.311 e. The molecular formula is C11H9ClN2O. The number of anilines is 1. The van der Waals surface area contributed by atoms with Crippen LogP contribution in [0.4, 0.5) is 5.69 Å². The summed E-state index contributed by atoms with van der Waals surface area (Å²) < 4.78 is 0. The summed E-state index contributed by atoms with van der Waals surface area (Å²) in [5.41, 5.74) is 1.84. The highest BCUT2D eigenvalue weighted by atomic mass is 35.5. The van der Waals surface area contributed by atoms with Gasteiger partial charge in [0.05, 0.1) is 18.9 Å². The van der Waals surface area contributed by atoms with Gasteiger partial charge in [0, 0.05) is 17.3 Å². The first-order valence-corrected chi connectivity index (χ1v) is 5.06. The number of nitriles is 1. The van der Waals surface area contributed by atoms with Gasteiger partial charge in [-0.1, -0.05) is 17.7 Å². The fourth-order valence-electron chi connectivity index (χ4n) is 1.74. The van der Waals surface area contributed by atoms with Crippen molar-refractivity contribution in [1.29, 1.82) is 5.26 Å². The van der Waals surface area contributed by atoms with E-state index in [1.165, 1.54) is 0 Å². The summed E-state index contributed by atoms with van der Waals surface area (Å²) in [5, 5.41) is 9.12. The van der Waals surface area contributed by atoms with Crippen LogP contribution in [0.1, 0.15) is 12.0 Å². The first-order chi connectivity index (χ1) is 7.22. The molecule has 1 aliphatic heterocycles. The van der Waals surface area contributed by atoms with E-state index in [1.54, 1.807) is 17.0 Å². The Morgan fingerprint density at radius 2 is 2.33 bits per heavy atom. The Hall–Kier alpha value is -1.53. The van der Waals surface area contributed by atoms with E-state index < -0.39 is 0 Å². The summed E-state index contributed by atoms with van der Waals surface area (Å²) >= 11 is 5.87. The smallest absolute Gasteiger partial charge is 0.231 e. The Bertz CT molecular complexity index is 450. The van der Waals surface area contributed by atoms with Crippen LogP contribution in [0.5, 0.6) is 0 Å². The second kappa shape index (κ2) is 3.92. The number of halogens is 1. The number of carbonyl (C=O) groups excluding carboxylic acids is 1. The molecule has 0 bridgehead atoms. The van der Waals surface area contributed by atoms with Crippen molar-refractivity contribution in [3.63, 3.8) is 0 Å². The second-order valence-electron chi connectivity index (χ2n) is 3.40. The third kappa shape index (κ3) is 1.81. The maximum atomic E-state index is 11.6. The number of amides is 1. The summed E-state index contributed by atoms with van der Waals surface area (Å²) in [7, 11) is 0. The number of rotatable bonds is 2. The normalized spacial score (nSPS) is 13.9. The highest BCUT2D eigenvalue weighted by Gasteiger charge is 2.26. The van der Waals surface area contributed by atoms with Gasteiger partial charge in [-0.3, -0.25) is 4.79 Å². The van der Waals surface area contributed by atoms with Crippen LogP contribution < -0.4 is 4.90 Å². The van der Waals surface area contributed by atoms with Crippen molar-refractivity contribution in [3.8, 4) is 6.07 Å². The molecule has 2 rings (SSSR count). The molecule has 1 aromatic rings. The standard InChI is InChI=1S/C11H9ClN2O/c12-9-3-2-8-6-11(15)14(5-1-4-13)10(8)7-9/h2-3,7H,1,5-6H2. The van der Waals surface area contributed by atoms with Crippen LogP contribution in [0, 0.1) is 11.3 Å². The first-order valence-electron chi connectivity index (χ1n) is 4.68. The van der Waals surface area contributed by atoms with Crippen LogP contribution in [0.3, 0.4) is 0 Å². The van der Waals surface area contributed by atoms with Crippen LogP contribution in [0.25, 0.3) is 0 Å². The molecule has 0 saturated carbocycles. The van der Waals surface area contributed by atoms with Gasteiger partial charge in [0.2, 0.25) is 5.91 Å². The SMILES string of the molecule is N#CCCN1C(=O)Cc2ccc(Cl)cc21. The van der Waals surface area contributed by atoms with E-state index in [1.807, 2.05) is 12.1 Å². The summed E-state index contributed by atoms with van der Waals surface area (Å²) in [6.45, 7) is 0.447. The van der Waals surface area contributed by atoms with Crippen molar-refractivity contribution in [1.82, 2.24) is 0 Å². The fourth-order valence-corrected chi connectivity index (χ4v) is 1.90. The van der Waals surface area contributed by atoms with Gasteiger partial charge < -0.3 is 4.90 Å². The quantitative estimate of drug-likeness (QED) is 0.767. The maximum Gasteiger partial charge on any atom is 0.231 e. The number of fused-ring (bicyclic) bond motifs is 1. The number of carbonyl (C=O) groups is 1. The predicted molar refractivity (Wildman–Crippen MR) is 57.7 cm³/mol. The summed E-state index contributed by atoms with van der Waals surface area (Å²) in [5.74, 6) is 0.0440. The van der Waals surface area contributed by atoms with Crippen LogP contribution in [0.15, 0.2) is 18.2 Å². The van der Waals surface area contributed by atoms with Crippen LogP contribution in [-0.2, 0) is 11.2 Å². The molecule has 0 spiro atoms. The van der Waals surface area contributed by atoms with Gasteiger partial charge >= 0.3 is 0 Å². The molecule has 0 fully saturated rings.